The molecule has 0 spiro atoms. The summed E-state index contributed by atoms with van der Waals surface area (Å²) in [6.45, 7) is 2.00. The van der Waals surface area contributed by atoms with Crippen molar-refractivity contribution in [1.29, 1.82) is 5.26 Å². The van der Waals surface area contributed by atoms with Gasteiger partial charge < -0.3 is 5.32 Å². The molecule has 1 amide bonds. The lowest BCUT2D eigenvalue weighted by molar-refractivity contribution is 0.102. The van der Waals surface area contributed by atoms with Gasteiger partial charge in [-0.2, -0.15) is 5.26 Å². The summed E-state index contributed by atoms with van der Waals surface area (Å²) in [7, 11) is 0. The third-order valence-corrected chi connectivity index (χ3v) is 3.30. The summed E-state index contributed by atoms with van der Waals surface area (Å²) in [4.78, 5) is 12.3. The molecule has 0 atom stereocenters. The molecule has 0 bridgehead atoms. The number of nitriles is 1. The number of aryl methyl sites for hydroxylation is 1. The Morgan fingerprint density at radius 1 is 1.30 bits per heavy atom. The number of nitrogens with zero attached hydrogens (tertiary/aromatic N) is 1. The molecule has 4 heteroatoms. The fourth-order valence-electron chi connectivity index (χ4n) is 1.93. The van der Waals surface area contributed by atoms with Crippen molar-refractivity contribution in [3.05, 3.63) is 64.2 Å². The molecular formula is C16H13ClN2O. The summed E-state index contributed by atoms with van der Waals surface area (Å²) in [5.74, 6) is -0.200. The van der Waals surface area contributed by atoms with E-state index in [-0.39, 0.29) is 5.91 Å². The Bertz CT molecular complexity index is 689. The molecule has 0 saturated carbocycles. The summed E-state index contributed by atoms with van der Waals surface area (Å²) in [6, 6.07) is 14.2. The normalized spacial score (nSPS) is 9.85. The van der Waals surface area contributed by atoms with Crippen LogP contribution in [-0.2, 0) is 6.42 Å². The van der Waals surface area contributed by atoms with Gasteiger partial charge in [0, 0.05) is 5.56 Å². The molecule has 0 aliphatic carbocycles. The van der Waals surface area contributed by atoms with Gasteiger partial charge in [0.25, 0.3) is 5.91 Å². The molecule has 0 saturated heterocycles. The van der Waals surface area contributed by atoms with Gasteiger partial charge in [-0.25, -0.2) is 0 Å². The first-order chi connectivity index (χ1) is 9.65. The van der Waals surface area contributed by atoms with Crippen molar-refractivity contribution < 1.29 is 4.79 Å². The Morgan fingerprint density at radius 2 is 2.05 bits per heavy atom. The van der Waals surface area contributed by atoms with Gasteiger partial charge in [0.2, 0.25) is 0 Å². The first-order valence-corrected chi connectivity index (χ1v) is 6.62. The van der Waals surface area contributed by atoms with E-state index in [1.807, 2.05) is 31.2 Å². The maximum Gasteiger partial charge on any atom is 0.255 e. The molecule has 0 fully saturated rings. The monoisotopic (exact) mass is 284 g/mol. The summed E-state index contributed by atoms with van der Waals surface area (Å²) in [6.07, 6.45) is 0.782. The van der Waals surface area contributed by atoms with E-state index in [9.17, 15) is 4.79 Å². The second-order valence-electron chi connectivity index (χ2n) is 4.27. The topological polar surface area (TPSA) is 52.9 Å². The van der Waals surface area contributed by atoms with Crippen molar-refractivity contribution in [2.75, 3.05) is 5.32 Å². The molecule has 2 rings (SSSR count). The minimum Gasteiger partial charge on any atom is -0.321 e. The molecule has 1 N–H and O–H groups in total. The minimum absolute atomic E-state index is 0.200. The summed E-state index contributed by atoms with van der Waals surface area (Å²) in [5, 5.41) is 11.9. The first kappa shape index (κ1) is 14.1. The van der Waals surface area contributed by atoms with E-state index < -0.39 is 0 Å². The van der Waals surface area contributed by atoms with E-state index in [1.165, 1.54) is 6.07 Å². The Balaban J connectivity index is 2.26. The molecule has 2 aromatic carbocycles. The van der Waals surface area contributed by atoms with Gasteiger partial charge in [0.05, 0.1) is 22.3 Å². The predicted molar refractivity (Wildman–Crippen MR) is 79.9 cm³/mol. The highest BCUT2D eigenvalue weighted by molar-refractivity contribution is 6.34. The first-order valence-electron chi connectivity index (χ1n) is 6.24. The van der Waals surface area contributed by atoms with E-state index in [4.69, 9.17) is 16.9 Å². The highest BCUT2D eigenvalue weighted by Gasteiger charge is 2.11. The van der Waals surface area contributed by atoms with Crippen molar-refractivity contribution in [2.45, 2.75) is 13.3 Å². The van der Waals surface area contributed by atoms with Crippen LogP contribution in [0.2, 0.25) is 5.02 Å². The van der Waals surface area contributed by atoms with Crippen LogP contribution in [0.3, 0.4) is 0 Å². The zero-order valence-electron chi connectivity index (χ0n) is 11.0. The number of carbonyl (C=O) groups is 1. The molecule has 0 radical (unpaired) electrons. The van der Waals surface area contributed by atoms with Crippen LogP contribution in [0.4, 0.5) is 5.69 Å². The van der Waals surface area contributed by atoms with Crippen LogP contribution in [0.1, 0.15) is 28.4 Å². The minimum atomic E-state index is -0.200. The van der Waals surface area contributed by atoms with Crippen molar-refractivity contribution in [2.24, 2.45) is 0 Å². The quantitative estimate of drug-likeness (QED) is 0.925. The summed E-state index contributed by atoms with van der Waals surface area (Å²) < 4.78 is 0. The summed E-state index contributed by atoms with van der Waals surface area (Å²) in [5.41, 5.74) is 2.58. The van der Waals surface area contributed by atoms with Crippen molar-refractivity contribution in [3.63, 3.8) is 0 Å². The lowest BCUT2D eigenvalue weighted by atomic mass is 10.0. The van der Waals surface area contributed by atoms with E-state index in [2.05, 4.69) is 5.32 Å². The molecule has 0 aromatic heterocycles. The van der Waals surface area contributed by atoms with Crippen molar-refractivity contribution in [3.8, 4) is 6.07 Å². The van der Waals surface area contributed by atoms with Crippen molar-refractivity contribution >= 4 is 23.2 Å². The van der Waals surface area contributed by atoms with Gasteiger partial charge in [-0.1, -0.05) is 36.7 Å². The standard InChI is InChI=1S/C16H13ClN2O/c1-2-12-5-3-4-6-13(12)16(20)19-15-8-7-11(10-18)9-14(15)17/h3-9H,2H2,1H3,(H,19,20). The largest absolute Gasteiger partial charge is 0.321 e. The molecule has 0 heterocycles. The third kappa shape index (κ3) is 2.98. The average Bonchev–Trinajstić information content (AvgIpc) is 2.49. The third-order valence-electron chi connectivity index (χ3n) is 2.99. The van der Waals surface area contributed by atoms with Gasteiger partial charge in [-0.05, 0) is 36.2 Å². The Hall–Kier alpha value is -2.31. The van der Waals surface area contributed by atoms with Gasteiger partial charge in [0.15, 0.2) is 0 Å². The van der Waals surface area contributed by atoms with Crippen LogP contribution >= 0.6 is 11.6 Å². The fourth-order valence-corrected chi connectivity index (χ4v) is 2.15. The van der Waals surface area contributed by atoms with Gasteiger partial charge >= 0.3 is 0 Å². The highest BCUT2D eigenvalue weighted by Crippen LogP contribution is 2.23. The van der Waals surface area contributed by atoms with E-state index in [1.54, 1.807) is 18.2 Å². The Morgan fingerprint density at radius 3 is 2.70 bits per heavy atom. The molecule has 0 aliphatic heterocycles. The molecule has 20 heavy (non-hydrogen) atoms. The van der Waals surface area contributed by atoms with Crippen LogP contribution in [0.5, 0.6) is 0 Å². The molecule has 0 aliphatic rings. The Kier molecular flexibility index (Phi) is 4.39. The second kappa shape index (κ2) is 6.23. The smallest absolute Gasteiger partial charge is 0.255 e. The molecular weight excluding hydrogens is 272 g/mol. The number of anilines is 1. The number of hydrogen-bond donors (Lipinski definition) is 1. The van der Waals surface area contributed by atoms with Crippen LogP contribution in [-0.4, -0.2) is 5.91 Å². The number of carbonyl (C=O) groups excluding carboxylic acids is 1. The molecule has 0 unspecified atom stereocenters. The van der Waals surface area contributed by atoms with Crippen molar-refractivity contribution in [1.82, 2.24) is 0 Å². The average molecular weight is 285 g/mol. The van der Waals surface area contributed by atoms with E-state index >= 15 is 0 Å². The van der Waals surface area contributed by atoms with Crippen LogP contribution < -0.4 is 5.32 Å². The van der Waals surface area contributed by atoms with Gasteiger partial charge in [-0.3, -0.25) is 4.79 Å². The summed E-state index contributed by atoms with van der Waals surface area (Å²) >= 11 is 6.05. The zero-order valence-corrected chi connectivity index (χ0v) is 11.7. The van der Waals surface area contributed by atoms with E-state index in [0.717, 1.165) is 12.0 Å². The molecule has 100 valence electrons. The second-order valence-corrected chi connectivity index (χ2v) is 4.68. The van der Waals surface area contributed by atoms with Crippen LogP contribution in [0.15, 0.2) is 42.5 Å². The predicted octanol–water partition coefficient (Wildman–Crippen LogP) is 4.03. The van der Waals surface area contributed by atoms with Crippen LogP contribution in [0.25, 0.3) is 0 Å². The van der Waals surface area contributed by atoms with Gasteiger partial charge in [0.1, 0.15) is 0 Å². The number of amides is 1. The highest BCUT2D eigenvalue weighted by atomic mass is 35.5. The number of hydrogen-bond acceptors (Lipinski definition) is 2. The maximum atomic E-state index is 12.3. The number of benzene rings is 2. The van der Waals surface area contributed by atoms with Gasteiger partial charge in [-0.15, -0.1) is 0 Å². The number of halogens is 1. The number of nitrogens with one attached hydrogen (secondary N) is 1. The lowest BCUT2D eigenvalue weighted by Crippen LogP contribution is -2.14. The molecule has 2 aromatic rings. The Labute approximate surface area is 122 Å². The molecule has 3 nitrogen and oxygen atoms in total. The fraction of sp³-hybridized carbons (Fsp3) is 0.125. The SMILES string of the molecule is CCc1ccccc1C(=O)Nc1ccc(C#N)cc1Cl. The lowest BCUT2D eigenvalue weighted by Gasteiger charge is -2.10. The van der Waals surface area contributed by atoms with E-state index in [0.29, 0.717) is 21.8 Å². The zero-order chi connectivity index (χ0) is 14.5. The van der Waals surface area contributed by atoms with Crippen LogP contribution in [0, 0.1) is 11.3 Å². The number of rotatable bonds is 3. The maximum absolute atomic E-state index is 12.3.